The van der Waals surface area contributed by atoms with Crippen LogP contribution in [0.5, 0.6) is 0 Å². The van der Waals surface area contributed by atoms with Crippen LogP contribution in [0.4, 0.5) is 0 Å². The van der Waals surface area contributed by atoms with E-state index in [-0.39, 0.29) is 5.91 Å². The standard InChI is InChI=1S/C20H26BrN3O/c1-12(2)9-19(25)23-22-11-18-15(5)24(16(6)20(18)21)17-8-7-13(3)14(4)10-17/h7-8,10-12H,9H2,1-6H3,(H,23,25)/b22-11-. The zero-order chi connectivity index (χ0) is 18.7. The van der Waals surface area contributed by atoms with Crippen molar-refractivity contribution in [3.63, 3.8) is 0 Å². The summed E-state index contributed by atoms with van der Waals surface area (Å²) in [4.78, 5) is 11.7. The summed E-state index contributed by atoms with van der Waals surface area (Å²) in [6.45, 7) is 12.4. The summed E-state index contributed by atoms with van der Waals surface area (Å²) in [6.07, 6.45) is 2.18. The predicted octanol–water partition coefficient (Wildman–Crippen LogP) is 4.97. The number of nitrogens with zero attached hydrogens (tertiary/aromatic N) is 2. The molecule has 0 aliphatic rings. The third-order valence-corrected chi connectivity index (χ3v) is 5.34. The molecule has 0 atom stereocenters. The minimum Gasteiger partial charge on any atom is -0.317 e. The Bertz CT molecular complexity index is 819. The van der Waals surface area contributed by atoms with Crippen LogP contribution in [0.15, 0.2) is 27.8 Å². The van der Waals surface area contributed by atoms with Gasteiger partial charge in [-0.25, -0.2) is 5.43 Å². The van der Waals surface area contributed by atoms with Gasteiger partial charge in [0, 0.05) is 33.5 Å². The largest absolute Gasteiger partial charge is 0.317 e. The number of aryl methyl sites for hydroxylation is 2. The van der Waals surface area contributed by atoms with Crippen molar-refractivity contribution in [2.24, 2.45) is 11.0 Å². The number of hydrogen-bond donors (Lipinski definition) is 1. The average Bonchev–Trinajstić information content (AvgIpc) is 2.73. The number of nitrogens with one attached hydrogen (secondary N) is 1. The van der Waals surface area contributed by atoms with E-state index in [2.05, 4.69) is 76.9 Å². The van der Waals surface area contributed by atoms with Gasteiger partial charge in [0.1, 0.15) is 0 Å². The number of halogens is 1. The zero-order valence-corrected chi connectivity index (χ0v) is 17.4. The fraction of sp³-hybridized carbons (Fsp3) is 0.400. The van der Waals surface area contributed by atoms with Crippen LogP contribution in [0.3, 0.4) is 0 Å². The van der Waals surface area contributed by atoms with Gasteiger partial charge in [0.15, 0.2) is 0 Å². The first-order valence-corrected chi connectivity index (χ1v) is 9.28. The Kier molecular flexibility index (Phi) is 6.22. The van der Waals surface area contributed by atoms with E-state index in [0.29, 0.717) is 12.3 Å². The fourth-order valence-electron chi connectivity index (χ4n) is 2.81. The van der Waals surface area contributed by atoms with Gasteiger partial charge in [0.25, 0.3) is 0 Å². The summed E-state index contributed by atoms with van der Waals surface area (Å²) in [5.74, 6) is 0.252. The van der Waals surface area contributed by atoms with E-state index in [1.165, 1.54) is 11.1 Å². The lowest BCUT2D eigenvalue weighted by Gasteiger charge is -2.11. The molecule has 1 N–H and O–H groups in total. The van der Waals surface area contributed by atoms with Crippen LogP contribution in [0.25, 0.3) is 5.69 Å². The molecule has 0 aliphatic heterocycles. The summed E-state index contributed by atoms with van der Waals surface area (Å²) in [7, 11) is 0. The van der Waals surface area contributed by atoms with E-state index in [1.54, 1.807) is 6.21 Å². The molecular weight excluding hydrogens is 378 g/mol. The van der Waals surface area contributed by atoms with Crippen molar-refractivity contribution in [2.45, 2.75) is 48.0 Å². The Morgan fingerprint density at radius 2 is 1.88 bits per heavy atom. The maximum Gasteiger partial charge on any atom is 0.240 e. The third kappa shape index (κ3) is 4.40. The van der Waals surface area contributed by atoms with Gasteiger partial charge in [0.05, 0.1) is 6.21 Å². The molecule has 1 aromatic carbocycles. The van der Waals surface area contributed by atoms with Crippen LogP contribution in [0.2, 0.25) is 0 Å². The highest BCUT2D eigenvalue weighted by molar-refractivity contribution is 9.10. The van der Waals surface area contributed by atoms with Crippen LogP contribution in [-0.2, 0) is 4.79 Å². The number of benzene rings is 1. The zero-order valence-electron chi connectivity index (χ0n) is 15.8. The molecule has 0 unspecified atom stereocenters. The van der Waals surface area contributed by atoms with Crippen LogP contribution >= 0.6 is 15.9 Å². The smallest absolute Gasteiger partial charge is 0.240 e. The lowest BCUT2D eigenvalue weighted by atomic mass is 10.1. The molecule has 0 saturated heterocycles. The number of rotatable bonds is 5. The minimum absolute atomic E-state index is 0.0645. The van der Waals surface area contributed by atoms with Crippen molar-refractivity contribution in [3.05, 3.63) is 50.8 Å². The van der Waals surface area contributed by atoms with E-state index in [9.17, 15) is 4.79 Å². The minimum atomic E-state index is -0.0645. The van der Waals surface area contributed by atoms with E-state index in [4.69, 9.17) is 0 Å². The predicted molar refractivity (Wildman–Crippen MR) is 108 cm³/mol. The molecule has 0 spiro atoms. The Balaban J connectivity index is 2.33. The normalized spacial score (nSPS) is 11.5. The Hall–Kier alpha value is -1.88. The second kappa shape index (κ2) is 8.00. The topological polar surface area (TPSA) is 46.4 Å². The van der Waals surface area contributed by atoms with Gasteiger partial charge in [-0.3, -0.25) is 4.79 Å². The molecule has 0 fully saturated rings. The number of carbonyl (C=O) groups is 1. The second-order valence-corrected chi connectivity index (χ2v) is 7.69. The molecule has 0 bridgehead atoms. The van der Waals surface area contributed by atoms with Gasteiger partial charge in [-0.1, -0.05) is 19.9 Å². The molecule has 25 heavy (non-hydrogen) atoms. The maximum atomic E-state index is 11.7. The van der Waals surface area contributed by atoms with E-state index in [0.717, 1.165) is 27.1 Å². The molecule has 5 heteroatoms. The summed E-state index contributed by atoms with van der Waals surface area (Å²) in [6, 6.07) is 6.45. The van der Waals surface area contributed by atoms with Crippen LogP contribution in [0, 0.1) is 33.6 Å². The quantitative estimate of drug-likeness (QED) is 0.555. The lowest BCUT2D eigenvalue weighted by molar-refractivity contribution is -0.121. The number of hydrazone groups is 1. The lowest BCUT2D eigenvalue weighted by Crippen LogP contribution is -2.19. The van der Waals surface area contributed by atoms with Crippen LogP contribution in [-0.4, -0.2) is 16.7 Å². The first-order valence-electron chi connectivity index (χ1n) is 8.49. The van der Waals surface area contributed by atoms with Gasteiger partial charge in [0.2, 0.25) is 5.91 Å². The number of amides is 1. The third-order valence-electron chi connectivity index (χ3n) is 4.34. The van der Waals surface area contributed by atoms with Gasteiger partial charge in [-0.15, -0.1) is 0 Å². The average molecular weight is 404 g/mol. The molecule has 0 radical (unpaired) electrons. The van der Waals surface area contributed by atoms with Crippen molar-refractivity contribution in [1.29, 1.82) is 0 Å². The van der Waals surface area contributed by atoms with Gasteiger partial charge in [-0.05, 0) is 72.8 Å². The first kappa shape index (κ1) is 19.4. The van der Waals surface area contributed by atoms with E-state index >= 15 is 0 Å². The fourth-order valence-corrected chi connectivity index (χ4v) is 3.38. The van der Waals surface area contributed by atoms with Gasteiger partial charge < -0.3 is 4.57 Å². The summed E-state index contributed by atoms with van der Waals surface area (Å²) >= 11 is 3.66. The molecule has 2 aromatic rings. The molecule has 1 amide bonds. The Morgan fingerprint density at radius 1 is 1.20 bits per heavy atom. The molecule has 134 valence electrons. The molecule has 4 nitrogen and oxygen atoms in total. The summed E-state index contributed by atoms with van der Waals surface area (Å²) in [5, 5.41) is 4.13. The number of aromatic nitrogens is 1. The number of carbonyl (C=O) groups excluding carboxylic acids is 1. The van der Waals surface area contributed by atoms with Crippen molar-refractivity contribution in [1.82, 2.24) is 9.99 Å². The van der Waals surface area contributed by atoms with Crippen molar-refractivity contribution in [3.8, 4) is 5.69 Å². The van der Waals surface area contributed by atoms with E-state index in [1.807, 2.05) is 13.8 Å². The monoisotopic (exact) mass is 403 g/mol. The van der Waals surface area contributed by atoms with Crippen molar-refractivity contribution < 1.29 is 4.79 Å². The molecule has 1 heterocycles. The molecule has 2 rings (SSSR count). The van der Waals surface area contributed by atoms with Gasteiger partial charge in [-0.2, -0.15) is 5.10 Å². The Labute approximate surface area is 158 Å². The molecule has 0 saturated carbocycles. The second-order valence-electron chi connectivity index (χ2n) is 6.89. The SMILES string of the molecule is Cc1ccc(-n2c(C)c(Br)c(/C=N\NC(=O)CC(C)C)c2C)cc1C. The summed E-state index contributed by atoms with van der Waals surface area (Å²) in [5.41, 5.74) is 9.43. The maximum absolute atomic E-state index is 11.7. The van der Waals surface area contributed by atoms with Crippen molar-refractivity contribution in [2.75, 3.05) is 0 Å². The van der Waals surface area contributed by atoms with E-state index < -0.39 is 0 Å². The van der Waals surface area contributed by atoms with Crippen LogP contribution < -0.4 is 5.43 Å². The van der Waals surface area contributed by atoms with Crippen LogP contribution in [0.1, 0.15) is 48.3 Å². The first-order chi connectivity index (χ1) is 11.7. The highest BCUT2D eigenvalue weighted by Gasteiger charge is 2.16. The van der Waals surface area contributed by atoms with Crippen molar-refractivity contribution >= 4 is 28.1 Å². The van der Waals surface area contributed by atoms with Gasteiger partial charge >= 0.3 is 0 Å². The molecular formula is C20H26BrN3O. The highest BCUT2D eigenvalue weighted by Crippen LogP contribution is 2.30. The molecule has 1 aromatic heterocycles. The summed E-state index contributed by atoms with van der Waals surface area (Å²) < 4.78 is 3.19. The molecule has 0 aliphatic carbocycles. The Morgan fingerprint density at radius 3 is 2.48 bits per heavy atom. The highest BCUT2D eigenvalue weighted by atomic mass is 79.9. The number of hydrogen-bond acceptors (Lipinski definition) is 2.